The van der Waals surface area contributed by atoms with Gasteiger partial charge < -0.3 is 10.1 Å². The second-order valence-corrected chi connectivity index (χ2v) is 5.21. The predicted molar refractivity (Wildman–Crippen MR) is 69.9 cm³/mol. The highest BCUT2D eigenvalue weighted by Gasteiger charge is 2.13. The molecule has 0 bridgehead atoms. The van der Waals surface area contributed by atoms with Gasteiger partial charge in [0.2, 0.25) is 0 Å². The van der Waals surface area contributed by atoms with Gasteiger partial charge in [-0.05, 0) is 47.0 Å². The van der Waals surface area contributed by atoms with Crippen molar-refractivity contribution in [3.05, 3.63) is 28.5 Å². The molecule has 1 aliphatic rings. The minimum Gasteiger partial charge on any atom is -0.492 e. The molecule has 2 rings (SSSR count). The minimum atomic E-state index is -0.263. The Kier molecular flexibility index (Phi) is 4.80. The Bertz CT molecular complexity index is 366. The van der Waals surface area contributed by atoms with Crippen molar-refractivity contribution in [2.24, 2.45) is 0 Å². The Morgan fingerprint density at radius 2 is 2.12 bits per heavy atom. The molecule has 0 radical (unpaired) electrons. The van der Waals surface area contributed by atoms with Crippen LogP contribution in [0.1, 0.15) is 25.7 Å². The quantitative estimate of drug-likeness (QED) is 0.841. The molecule has 1 saturated carbocycles. The third-order valence-corrected chi connectivity index (χ3v) is 3.66. The van der Waals surface area contributed by atoms with Crippen molar-refractivity contribution in [2.75, 3.05) is 13.2 Å². The summed E-state index contributed by atoms with van der Waals surface area (Å²) in [6, 6.07) is 5.38. The molecule has 1 N–H and O–H groups in total. The molecule has 94 valence electrons. The molecule has 0 unspecified atom stereocenters. The van der Waals surface area contributed by atoms with E-state index in [4.69, 9.17) is 4.74 Å². The van der Waals surface area contributed by atoms with Crippen LogP contribution in [0.25, 0.3) is 0 Å². The predicted octanol–water partition coefficient (Wildman–Crippen LogP) is 3.50. The van der Waals surface area contributed by atoms with Gasteiger partial charge in [0.05, 0.1) is 4.47 Å². The van der Waals surface area contributed by atoms with Crippen LogP contribution < -0.4 is 10.1 Å². The zero-order valence-corrected chi connectivity index (χ0v) is 11.3. The van der Waals surface area contributed by atoms with Crippen LogP contribution in [0, 0.1) is 5.82 Å². The lowest BCUT2D eigenvalue weighted by Gasteiger charge is -2.12. The summed E-state index contributed by atoms with van der Waals surface area (Å²) in [5.41, 5.74) is 0. The maximum absolute atomic E-state index is 13.0. The Morgan fingerprint density at radius 3 is 2.82 bits per heavy atom. The van der Waals surface area contributed by atoms with Crippen molar-refractivity contribution in [2.45, 2.75) is 31.7 Å². The summed E-state index contributed by atoms with van der Waals surface area (Å²) in [6.07, 6.45) is 5.23. The molecule has 0 amide bonds. The standard InChI is InChI=1S/C13H17BrFNO/c14-12-9-11(5-6-13(12)15)17-8-7-16-10-3-1-2-4-10/h5-6,9-10,16H,1-4,7-8H2. The van der Waals surface area contributed by atoms with Crippen LogP contribution in [0.3, 0.4) is 0 Å². The molecular formula is C13H17BrFNO. The lowest BCUT2D eigenvalue weighted by atomic mass is 10.2. The highest BCUT2D eigenvalue weighted by molar-refractivity contribution is 9.10. The van der Waals surface area contributed by atoms with Crippen LogP contribution in [-0.2, 0) is 0 Å². The molecular weight excluding hydrogens is 285 g/mol. The van der Waals surface area contributed by atoms with E-state index in [1.807, 2.05) is 0 Å². The fourth-order valence-corrected chi connectivity index (χ4v) is 2.49. The summed E-state index contributed by atoms with van der Waals surface area (Å²) in [5.74, 6) is 0.438. The molecule has 0 saturated heterocycles. The van der Waals surface area contributed by atoms with Crippen LogP contribution in [-0.4, -0.2) is 19.2 Å². The van der Waals surface area contributed by atoms with Crippen molar-refractivity contribution in [3.8, 4) is 5.75 Å². The van der Waals surface area contributed by atoms with Crippen molar-refractivity contribution in [1.82, 2.24) is 5.32 Å². The average Bonchev–Trinajstić information content (AvgIpc) is 2.82. The van der Waals surface area contributed by atoms with Gasteiger partial charge in [-0.2, -0.15) is 0 Å². The molecule has 17 heavy (non-hydrogen) atoms. The maximum Gasteiger partial charge on any atom is 0.137 e. The third-order valence-electron chi connectivity index (χ3n) is 3.05. The molecule has 0 spiro atoms. The molecule has 0 aliphatic heterocycles. The number of nitrogens with one attached hydrogen (secondary N) is 1. The molecule has 4 heteroatoms. The Morgan fingerprint density at radius 1 is 1.35 bits per heavy atom. The third kappa shape index (κ3) is 3.96. The second kappa shape index (κ2) is 6.36. The smallest absolute Gasteiger partial charge is 0.137 e. The van der Waals surface area contributed by atoms with E-state index in [2.05, 4.69) is 21.2 Å². The van der Waals surface area contributed by atoms with Gasteiger partial charge in [0.25, 0.3) is 0 Å². The van der Waals surface area contributed by atoms with Crippen molar-refractivity contribution >= 4 is 15.9 Å². The normalized spacial score (nSPS) is 16.4. The summed E-state index contributed by atoms with van der Waals surface area (Å²) in [4.78, 5) is 0. The van der Waals surface area contributed by atoms with Gasteiger partial charge >= 0.3 is 0 Å². The van der Waals surface area contributed by atoms with Gasteiger partial charge in [0, 0.05) is 12.6 Å². The lowest BCUT2D eigenvalue weighted by molar-refractivity contribution is 0.304. The molecule has 0 aromatic heterocycles. The van der Waals surface area contributed by atoms with Crippen LogP contribution in [0.5, 0.6) is 5.75 Å². The van der Waals surface area contributed by atoms with Gasteiger partial charge in [0.1, 0.15) is 18.2 Å². The molecule has 1 aliphatic carbocycles. The van der Waals surface area contributed by atoms with E-state index < -0.39 is 0 Å². The van der Waals surface area contributed by atoms with Gasteiger partial charge in [-0.1, -0.05) is 12.8 Å². The number of rotatable bonds is 5. The topological polar surface area (TPSA) is 21.3 Å². The summed E-state index contributed by atoms with van der Waals surface area (Å²) in [7, 11) is 0. The van der Waals surface area contributed by atoms with Crippen LogP contribution in [0.4, 0.5) is 4.39 Å². The van der Waals surface area contributed by atoms with E-state index in [-0.39, 0.29) is 5.82 Å². The fraction of sp³-hybridized carbons (Fsp3) is 0.538. The van der Waals surface area contributed by atoms with Gasteiger partial charge in [-0.3, -0.25) is 0 Å². The average molecular weight is 302 g/mol. The van der Waals surface area contributed by atoms with Crippen molar-refractivity contribution in [3.63, 3.8) is 0 Å². The van der Waals surface area contributed by atoms with Crippen LogP contribution >= 0.6 is 15.9 Å². The van der Waals surface area contributed by atoms with Crippen molar-refractivity contribution in [1.29, 1.82) is 0 Å². The van der Waals surface area contributed by atoms with E-state index in [1.54, 1.807) is 12.1 Å². The number of hydrogen-bond acceptors (Lipinski definition) is 2. The first kappa shape index (κ1) is 12.8. The van der Waals surface area contributed by atoms with Crippen molar-refractivity contribution < 1.29 is 9.13 Å². The van der Waals surface area contributed by atoms with E-state index in [0.717, 1.165) is 6.54 Å². The van der Waals surface area contributed by atoms with Gasteiger partial charge in [0.15, 0.2) is 0 Å². The van der Waals surface area contributed by atoms with E-state index in [0.29, 0.717) is 22.9 Å². The molecule has 1 aromatic rings. The number of halogens is 2. The maximum atomic E-state index is 13.0. The van der Waals surface area contributed by atoms with E-state index in [9.17, 15) is 4.39 Å². The van der Waals surface area contributed by atoms with E-state index >= 15 is 0 Å². The number of ether oxygens (including phenoxy) is 1. The molecule has 1 fully saturated rings. The summed E-state index contributed by atoms with van der Waals surface area (Å²) < 4.78 is 19.0. The number of hydrogen-bond donors (Lipinski definition) is 1. The van der Waals surface area contributed by atoms with E-state index in [1.165, 1.54) is 31.7 Å². The Balaban J connectivity index is 1.68. The highest BCUT2D eigenvalue weighted by Crippen LogP contribution is 2.21. The SMILES string of the molecule is Fc1ccc(OCCNC2CCCC2)cc1Br. The minimum absolute atomic E-state index is 0.263. The first-order valence-electron chi connectivity index (χ1n) is 6.07. The molecule has 1 aromatic carbocycles. The molecule has 2 nitrogen and oxygen atoms in total. The monoisotopic (exact) mass is 301 g/mol. The fourth-order valence-electron chi connectivity index (χ4n) is 2.13. The lowest BCUT2D eigenvalue weighted by Crippen LogP contribution is -2.30. The Hall–Kier alpha value is -0.610. The Labute approximate surface area is 110 Å². The largest absolute Gasteiger partial charge is 0.492 e. The zero-order chi connectivity index (χ0) is 12.1. The van der Waals surface area contributed by atoms with Crippen LogP contribution in [0.15, 0.2) is 22.7 Å². The molecule has 0 heterocycles. The second-order valence-electron chi connectivity index (χ2n) is 4.36. The first-order valence-corrected chi connectivity index (χ1v) is 6.86. The summed E-state index contributed by atoms with van der Waals surface area (Å²) in [6.45, 7) is 1.47. The summed E-state index contributed by atoms with van der Waals surface area (Å²) in [5, 5.41) is 3.47. The first-order chi connectivity index (χ1) is 8.25. The van der Waals surface area contributed by atoms with Gasteiger partial charge in [-0.25, -0.2) is 4.39 Å². The number of benzene rings is 1. The van der Waals surface area contributed by atoms with Crippen LogP contribution in [0.2, 0.25) is 0 Å². The highest BCUT2D eigenvalue weighted by atomic mass is 79.9. The zero-order valence-electron chi connectivity index (χ0n) is 9.72. The van der Waals surface area contributed by atoms with Gasteiger partial charge in [-0.15, -0.1) is 0 Å². The summed E-state index contributed by atoms with van der Waals surface area (Å²) >= 11 is 3.14. The molecule has 0 atom stereocenters.